The zero-order valence-corrected chi connectivity index (χ0v) is 14.7. The van der Waals surface area contributed by atoms with Crippen molar-refractivity contribution in [3.8, 4) is 5.75 Å². The highest BCUT2D eigenvalue weighted by Gasteiger charge is 2.28. The van der Waals surface area contributed by atoms with Gasteiger partial charge in [-0.2, -0.15) is 0 Å². The van der Waals surface area contributed by atoms with Gasteiger partial charge in [-0.15, -0.1) is 12.4 Å². The number of benzene rings is 1. The molecule has 2 N–H and O–H groups in total. The topological polar surface area (TPSA) is 64.8 Å². The average molecular weight is 343 g/mol. The number of likely N-dealkylation sites (N-methyl/N-ethyl adjacent to an activating group) is 1. The van der Waals surface area contributed by atoms with Gasteiger partial charge in [0.25, 0.3) is 0 Å². The number of rotatable bonds is 6. The van der Waals surface area contributed by atoms with Crippen LogP contribution < -0.4 is 10.5 Å². The molecule has 0 bridgehead atoms. The molecule has 1 heterocycles. The zero-order valence-electron chi connectivity index (χ0n) is 13.9. The van der Waals surface area contributed by atoms with E-state index in [0.29, 0.717) is 26.4 Å². The fourth-order valence-electron chi connectivity index (χ4n) is 2.80. The summed E-state index contributed by atoms with van der Waals surface area (Å²) in [7, 11) is 1.80. The van der Waals surface area contributed by atoms with Gasteiger partial charge in [-0.1, -0.05) is 18.2 Å². The summed E-state index contributed by atoms with van der Waals surface area (Å²) >= 11 is 0. The van der Waals surface area contributed by atoms with Crippen molar-refractivity contribution in [2.75, 3.05) is 26.9 Å². The number of hydrogen-bond donors (Lipinski definition) is 1. The SMILES string of the molecule is CCOc1ccccc1CN(C)C(=O)C(N)C1CCOCC1.Cl. The summed E-state index contributed by atoms with van der Waals surface area (Å²) in [5.74, 6) is 1.02. The van der Waals surface area contributed by atoms with Crippen LogP contribution in [0.3, 0.4) is 0 Å². The van der Waals surface area contributed by atoms with Gasteiger partial charge in [0.05, 0.1) is 12.6 Å². The first kappa shape index (κ1) is 19.7. The van der Waals surface area contributed by atoms with E-state index in [2.05, 4.69) is 0 Å². The highest BCUT2D eigenvalue weighted by atomic mass is 35.5. The Balaban J connectivity index is 0.00000264. The molecular formula is C17H27ClN2O3. The third-order valence-corrected chi connectivity index (χ3v) is 4.12. The fourth-order valence-corrected chi connectivity index (χ4v) is 2.80. The van der Waals surface area contributed by atoms with Crippen LogP contribution in [0, 0.1) is 5.92 Å². The number of ether oxygens (including phenoxy) is 2. The van der Waals surface area contributed by atoms with E-state index in [1.165, 1.54) is 0 Å². The second-order valence-electron chi connectivity index (χ2n) is 5.71. The van der Waals surface area contributed by atoms with Gasteiger partial charge in [-0.05, 0) is 31.7 Å². The van der Waals surface area contributed by atoms with Crippen molar-refractivity contribution in [2.24, 2.45) is 11.7 Å². The molecule has 1 aromatic carbocycles. The van der Waals surface area contributed by atoms with Crippen molar-refractivity contribution in [3.63, 3.8) is 0 Å². The highest BCUT2D eigenvalue weighted by molar-refractivity contribution is 5.85. The minimum atomic E-state index is -0.451. The van der Waals surface area contributed by atoms with Crippen LogP contribution in [0.2, 0.25) is 0 Å². The van der Waals surface area contributed by atoms with E-state index in [1.54, 1.807) is 11.9 Å². The van der Waals surface area contributed by atoms with Gasteiger partial charge in [0, 0.05) is 32.4 Å². The van der Waals surface area contributed by atoms with Crippen molar-refractivity contribution < 1.29 is 14.3 Å². The van der Waals surface area contributed by atoms with Crippen molar-refractivity contribution >= 4 is 18.3 Å². The summed E-state index contributed by atoms with van der Waals surface area (Å²) in [5, 5.41) is 0. The number of para-hydroxylation sites is 1. The normalized spacial score (nSPS) is 16.3. The molecule has 0 radical (unpaired) electrons. The van der Waals surface area contributed by atoms with Crippen LogP contribution >= 0.6 is 12.4 Å². The minimum absolute atomic E-state index is 0. The maximum atomic E-state index is 12.5. The number of nitrogens with two attached hydrogens (primary N) is 1. The van der Waals surface area contributed by atoms with Crippen LogP contribution in [0.25, 0.3) is 0 Å². The fraction of sp³-hybridized carbons (Fsp3) is 0.588. The Bertz CT molecular complexity index is 492. The van der Waals surface area contributed by atoms with E-state index < -0.39 is 6.04 Å². The highest BCUT2D eigenvalue weighted by Crippen LogP contribution is 2.22. The van der Waals surface area contributed by atoms with E-state index in [0.717, 1.165) is 24.2 Å². The minimum Gasteiger partial charge on any atom is -0.494 e. The van der Waals surface area contributed by atoms with Gasteiger partial charge in [-0.3, -0.25) is 4.79 Å². The molecule has 0 aromatic heterocycles. The number of halogens is 1. The van der Waals surface area contributed by atoms with E-state index in [4.69, 9.17) is 15.2 Å². The first-order chi connectivity index (χ1) is 10.6. The monoisotopic (exact) mass is 342 g/mol. The lowest BCUT2D eigenvalue weighted by atomic mass is 9.91. The first-order valence-corrected chi connectivity index (χ1v) is 7.92. The Labute approximate surface area is 144 Å². The van der Waals surface area contributed by atoms with Crippen LogP contribution in [0.4, 0.5) is 0 Å². The Morgan fingerprint density at radius 2 is 2.04 bits per heavy atom. The molecule has 0 aliphatic carbocycles. The Hall–Kier alpha value is -1.30. The van der Waals surface area contributed by atoms with Gasteiger partial charge >= 0.3 is 0 Å². The molecule has 1 aliphatic heterocycles. The van der Waals surface area contributed by atoms with Gasteiger partial charge in [0.1, 0.15) is 5.75 Å². The summed E-state index contributed by atoms with van der Waals surface area (Å²) < 4.78 is 10.9. The van der Waals surface area contributed by atoms with Crippen LogP contribution in [-0.4, -0.2) is 43.7 Å². The van der Waals surface area contributed by atoms with Crippen LogP contribution in [-0.2, 0) is 16.1 Å². The zero-order chi connectivity index (χ0) is 15.9. The molecule has 130 valence electrons. The van der Waals surface area contributed by atoms with E-state index >= 15 is 0 Å². The maximum absolute atomic E-state index is 12.5. The Morgan fingerprint density at radius 1 is 1.39 bits per heavy atom. The van der Waals surface area contributed by atoms with E-state index in [9.17, 15) is 4.79 Å². The van der Waals surface area contributed by atoms with E-state index in [-0.39, 0.29) is 24.2 Å². The van der Waals surface area contributed by atoms with Gasteiger partial charge in [-0.25, -0.2) is 0 Å². The lowest BCUT2D eigenvalue weighted by Gasteiger charge is -2.30. The summed E-state index contributed by atoms with van der Waals surface area (Å²) in [6, 6.07) is 7.34. The molecule has 1 aliphatic rings. The summed E-state index contributed by atoms with van der Waals surface area (Å²) in [6.45, 7) is 4.46. The summed E-state index contributed by atoms with van der Waals surface area (Å²) in [6.07, 6.45) is 1.71. The van der Waals surface area contributed by atoms with Crippen molar-refractivity contribution in [1.82, 2.24) is 4.90 Å². The molecule has 2 rings (SSSR count). The summed E-state index contributed by atoms with van der Waals surface area (Å²) in [5.41, 5.74) is 7.16. The molecule has 23 heavy (non-hydrogen) atoms. The predicted molar refractivity (Wildman–Crippen MR) is 92.9 cm³/mol. The third kappa shape index (κ3) is 5.37. The lowest BCUT2D eigenvalue weighted by molar-refractivity contribution is -0.133. The average Bonchev–Trinajstić information content (AvgIpc) is 2.56. The van der Waals surface area contributed by atoms with Gasteiger partial charge in [0.2, 0.25) is 5.91 Å². The lowest BCUT2D eigenvalue weighted by Crippen LogP contribution is -2.47. The third-order valence-electron chi connectivity index (χ3n) is 4.12. The smallest absolute Gasteiger partial charge is 0.239 e. The number of amides is 1. The molecule has 1 unspecified atom stereocenters. The molecule has 0 saturated carbocycles. The number of nitrogens with zero attached hydrogens (tertiary/aromatic N) is 1. The molecule has 1 fully saturated rings. The van der Waals surface area contributed by atoms with Crippen molar-refractivity contribution in [1.29, 1.82) is 0 Å². The summed E-state index contributed by atoms with van der Waals surface area (Å²) in [4.78, 5) is 14.2. The first-order valence-electron chi connectivity index (χ1n) is 7.92. The van der Waals surface area contributed by atoms with Crippen molar-refractivity contribution in [3.05, 3.63) is 29.8 Å². The second kappa shape index (κ2) is 9.75. The molecule has 6 heteroatoms. The van der Waals surface area contributed by atoms with E-state index in [1.807, 2.05) is 31.2 Å². The van der Waals surface area contributed by atoms with Crippen LogP contribution in [0.15, 0.2) is 24.3 Å². The van der Waals surface area contributed by atoms with Crippen LogP contribution in [0.5, 0.6) is 5.75 Å². The molecule has 1 aromatic rings. The van der Waals surface area contributed by atoms with Gasteiger partial charge < -0.3 is 20.1 Å². The Morgan fingerprint density at radius 3 is 2.70 bits per heavy atom. The number of carbonyl (C=O) groups is 1. The second-order valence-corrected chi connectivity index (χ2v) is 5.71. The molecule has 5 nitrogen and oxygen atoms in total. The molecular weight excluding hydrogens is 316 g/mol. The van der Waals surface area contributed by atoms with Crippen molar-refractivity contribution in [2.45, 2.75) is 32.4 Å². The molecule has 0 spiro atoms. The maximum Gasteiger partial charge on any atom is 0.239 e. The van der Waals surface area contributed by atoms with Gasteiger partial charge in [0.15, 0.2) is 0 Å². The van der Waals surface area contributed by atoms with Crippen LogP contribution in [0.1, 0.15) is 25.3 Å². The predicted octanol–water partition coefficient (Wildman–Crippen LogP) is 2.22. The standard InChI is InChI=1S/C17H26N2O3.ClH/c1-3-22-15-7-5-4-6-14(15)12-19(2)17(20)16(18)13-8-10-21-11-9-13;/h4-7,13,16H,3,8-12,18H2,1-2H3;1H. The molecule has 1 atom stereocenters. The largest absolute Gasteiger partial charge is 0.494 e. The molecule has 1 amide bonds. The number of hydrogen-bond acceptors (Lipinski definition) is 4. The quantitative estimate of drug-likeness (QED) is 0.861. The molecule has 1 saturated heterocycles. The number of carbonyl (C=O) groups excluding carboxylic acids is 1. The Kier molecular flexibility index (Phi) is 8.37.